The topological polar surface area (TPSA) is 71.1 Å². The molecule has 2 N–H and O–H groups in total. The first-order valence-corrected chi connectivity index (χ1v) is 8.29. The molecule has 0 radical (unpaired) electrons. The Morgan fingerprint density at radius 1 is 1.10 bits per heavy atom. The van der Waals surface area contributed by atoms with Crippen LogP contribution in [-0.2, 0) is 22.3 Å². The van der Waals surface area contributed by atoms with Crippen molar-refractivity contribution in [2.45, 2.75) is 19.2 Å². The van der Waals surface area contributed by atoms with Crippen LogP contribution in [0.25, 0.3) is 0 Å². The number of benzene rings is 1. The van der Waals surface area contributed by atoms with Crippen LogP contribution in [0.1, 0.15) is 16.7 Å². The normalized spacial score (nSPS) is 11.3. The maximum absolute atomic E-state index is 12.2. The van der Waals surface area contributed by atoms with Crippen molar-refractivity contribution >= 4 is 15.7 Å². The maximum Gasteiger partial charge on any atom is 0.236 e. The van der Waals surface area contributed by atoms with Crippen molar-refractivity contribution in [1.82, 2.24) is 10.3 Å². The van der Waals surface area contributed by atoms with Crippen LogP contribution in [0.15, 0.2) is 42.7 Å². The Labute approximate surface area is 125 Å². The lowest BCUT2D eigenvalue weighted by Crippen LogP contribution is -2.16. The molecule has 0 amide bonds. The van der Waals surface area contributed by atoms with Crippen molar-refractivity contribution in [1.29, 1.82) is 0 Å². The standard InChI is InChI=1S/C15H19N3O2S/c1-12-9-17-8-7-15(12)18-21(19,20)11-14-5-3-13(4-6-14)10-16-2/h3-9,16H,10-11H2,1-2H3,(H,17,18). The summed E-state index contributed by atoms with van der Waals surface area (Å²) in [5, 5.41) is 3.05. The second-order valence-corrected chi connectivity index (χ2v) is 6.62. The molecule has 0 atom stereocenters. The molecule has 0 aliphatic carbocycles. The first kappa shape index (κ1) is 15.5. The van der Waals surface area contributed by atoms with Gasteiger partial charge in [0.2, 0.25) is 10.0 Å². The van der Waals surface area contributed by atoms with E-state index in [0.717, 1.165) is 23.2 Å². The number of rotatable bonds is 6. The van der Waals surface area contributed by atoms with Crippen LogP contribution in [0.5, 0.6) is 0 Å². The largest absolute Gasteiger partial charge is 0.316 e. The van der Waals surface area contributed by atoms with E-state index in [1.807, 2.05) is 38.2 Å². The molecule has 112 valence electrons. The van der Waals surface area contributed by atoms with E-state index in [4.69, 9.17) is 0 Å². The first-order valence-electron chi connectivity index (χ1n) is 6.64. The summed E-state index contributed by atoms with van der Waals surface area (Å²) in [6, 6.07) is 9.19. The molecule has 0 saturated heterocycles. The SMILES string of the molecule is CNCc1ccc(CS(=O)(=O)Nc2ccncc2C)cc1. The highest BCUT2D eigenvalue weighted by Crippen LogP contribution is 2.16. The summed E-state index contributed by atoms with van der Waals surface area (Å²) in [6.45, 7) is 2.58. The summed E-state index contributed by atoms with van der Waals surface area (Å²) >= 11 is 0. The molecule has 5 nitrogen and oxygen atoms in total. The molecule has 2 aromatic rings. The summed E-state index contributed by atoms with van der Waals surface area (Å²) in [5.74, 6) is -0.0470. The third-order valence-corrected chi connectivity index (χ3v) is 4.29. The van der Waals surface area contributed by atoms with Gasteiger partial charge < -0.3 is 5.32 Å². The van der Waals surface area contributed by atoms with Gasteiger partial charge in [-0.05, 0) is 36.7 Å². The molecule has 1 aromatic heterocycles. The minimum Gasteiger partial charge on any atom is -0.316 e. The zero-order valence-electron chi connectivity index (χ0n) is 12.1. The summed E-state index contributed by atoms with van der Waals surface area (Å²) in [6.07, 6.45) is 3.20. The van der Waals surface area contributed by atoms with Crippen molar-refractivity contribution in [2.75, 3.05) is 11.8 Å². The van der Waals surface area contributed by atoms with Crippen LogP contribution in [0.3, 0.4) is 0 Å². The quantitative estimate of drug-likeness (QED) is 0.857. The molecule has 0 bridgehead atoms. The number of nitrogens with one attached hydrogen (secondary N) is 2. The number of hydrogen-bond donors (Lipinski definition) is 2. The average Bonchev–Trinajstić information content (AvgIpc) is 2.43. The fraction of sp³-hybridized carbons (Fsp3) is 0.267. The highest BCUT2D eigenvalue weighted by atomic mass is 32.2. The van der Waals surface area contributed by atoms with Gasteiger partial charge in [-0.2, -0.15) is 0 Å². The summed E-state index contributed by atoms with van der Waals surface area (Å²) in [5.41, 5.74) is 3.24. The number of anilines is 1. The molecule has 6 heteroatoms. The minimum absolute atomic E-state index is 0.0470. The van der Waals surface area contributed by atoms with Crippen molar-refractivity contribution in [2.24, 2.45) is 0 Å². The Bertz CT molecular complexity index is 697. The summed E-state index contributed by atoms with van der Waals surface area (Å²) in [4.78, 5) is 3.95. The van der Waals surface area contributed by atoms with Gasteiger partial charge >= 0.3 is 0 Å². The highest BCUT2D eigenvalue weighted by Gasteiger charge is 2.13. The van der Waals surface area contributed by atoms with Crippen molar-refractivity contribution in [3.05, 3.63) is 59.4 Å². The van der Waals surface area contributed by atoms with E-state index in [1.54, 1.807) is 18.5 Å². The Balaban J connectivity index is 2.09. The molecule has 2 rings (SSSR count). The van der Waals surface area contributed by atoms with Crippen molar-refractivity contribution in [3.63, 3.8) is 0 Å². The summed E-state index contributed by atoms with van der Waals surface area (Å²) < 4.78 is 27.0. The zero-order chi connectivity index (χ0) is 15.3. The summed E-state index contributed by atoms with van der Waals surface area (Å²) in [7, 11) is -1.55. The molecule has 0 aliphatic heterocycles. The Morgan fingerprint density at radius 2 is 1.76 bits per heavy atom. The van der Waals surface area contributed by atoms with Gasteiger partial charge in [-0.15, -0.1) is 0 Å². The number of hydrogen-bond acceptors (Lipinski definition) is 4. The van der Waals surface area contributed by atoms with E-state index in [9.17, 15) is 8.42 Å². The predicted octanol–water partition coefficient (Wildman–Crippen LogP) is 2.05. The lowest BCUT2D eigenvalue weighted by Gasteiger charge is -2.10. The number of aryl methyl sites for hydroxylation is 1. The average molecular weight is 305 g/mol. The van der Waals surface area contributed by atoms with Gasteiger partial charge in [-0.25, -0.2) is 8.42 Å². The number of nitrogens with zero attached hydrogens (tertiary/aromatic N) is 1. The number of sulfonamides is 1. The van der Waals surface area contributed by atoms with Crippen LogP contribution in [0, 0.1) is 6.92 Å². The highest BCUT2D eigenvalue weighted by molar-refractivity contribution is 7.91. The molecule has 0 spiro atoms. The first-order chi connectivity index (χ1) is 10.00. The van der Waals surface area contributed by atoms with E-state index in [1.165, 1.54) is 0 Å². The van der Waals surface area contributed by atoms with Crippen LogP contribution in [-0.4, -0.2) is 20.4 Å². The molecule has 1 heterocycles. The molecule has 1 aromatic carbocycles. The molecular weight excluding hydrogens is 286 g/mol. The molecule has 0 aliphatic rings. The van der Waals surface area contributed by atoms with Gasteiger partial charge in [0.05, 0.1) is 11.4 Å². The molecule has 0 unspecified atom stereocenters. The van der Waals surface area contributed by atoms with E-state index < -0.39 is 10.0 Å². The van der Waals surface area contributed by atoms with Crippen LogP contribution >= 0.6 is 0 Å². The maximum atomic E-state index is 12.2. The van der Waals surface area contributed by atoms with E-state index in [2.05, 4.69) is 15.0 Å². The number of aromatic nitrogens is 1. The second kappa shape index (κ2) is 6.69. The van der Waals surface area contributed by atoms with E-state index in [-0.39, 0.29) is 5.75 Å². The third kappa shape index (κ3) is 4.54. The third-order valence-electron chi connectivity index (χ3n) is 3.05. The van der Waals surface area contributed by atoms with Gasteiger partial charge in [0, 0.05) is 18.9 Å². The smallest absolute Gasteiger partial charge is 0.236 e. The van der Waals surface area contributed by atoms with Gasteiger partial charge in [0.1, 0.15) is 0 Å². The Kier molecular flexibility index (Phi) is 4.93. The van der Waals surface area contributed by atoms with Crippen LogP contribution < -0.4 is 10.0 Å². The fourth-order valence-electron chi connectivity index (χ4n) is 1.97. The fourth-order valence-corrected chi connectivity index (χ4v) is 3.24. The van der Waals surface area contributed by atoms with Crippen molar-refractivity contribution < 1.29 is 8.42 Å². The molecular formula is C15H19N3O2S. The number of pyridine rings is 1. The molecule has 21 heavy (non-hydrogen) atoms. The van der Waals surface area contributed by atoms with Crippen molar-refractivity contribution in [3.8, 4) is 0 Å². The van der Waals surface area contributed by atoms with Gasteiger partial charge in [0.25, 0.3) is 0 Å². The monoisotopic (exact) mass is 305 g/mol. The van der Waals surface area contributed by atoms with Gasteiger partial charge in [-0.1, -0.05) is 24.3 Å². The van der Waals surface area contributed by atoms with E-state index >= 15 is 0 Å². The lowest BCUT2D eigenvalue weighted by molar-refractivity contribution is 0.600. The van der Waals surface area contributed by atoms with Crippen LogP contribution in [0.2, 0.25) is 0 Å². The minimum atomic E-state index is -3.43. The Morgan fingerprint density at radius 3 is 2.38 bits per heavy atom. The zero-order valence-corrected chi connectivity index (χ0v) is 12.9. The van der Waals surface area contributed by atoms with Gasteiger partial charge in [0.15, 0.2) is 0 Å². The predicted molar refractivity (Wildman–Crippen MR) is 84.4 cm³/mol. The second-order valence-electron chi connectivity index (χ2n) is 4.90. The van der Waals surface area contributed by atoms with Gasteiger partial charge in [-0.3, -0.25) is 9.71 Å². The molecule has 0 saturated carbocycles. The van der Waals surface area contributed by atoms with Crippen LogP contribution in [0.4, 0.5) is 5.69 Å². The Hall–Kier alpha value is -1.92. The van der Waals surface area contributed by atoms with E-state index in [0.29, 0.717) is 5.69 Å². The molecule has 0 fully saturated rings. The lowest BCUT2D eigenvalue weighted by atomic mass is 10.1.